The molecule has 0 unspecified atom stereocenters. The number of para-hydroxylation sites is 2. The Kier molecular flexibility index (Phi) is 7.75. The lowest BCUT2D eigenvalue weighted by atomic mass is 10.2. The molecule has 31 heavy (non-hydrogen) atoms. The predicted molar refractivity (Wildman–Crippen MR) is 118 cm³/mol. The number of nitrogens with one attached hydrogen (secondary N) is 1. The van der Waals surface area contributed by atoms with Crippen molar-refractivity contribution in [3.8, 4) is 11.5 Å². The summed E-state index contributed by atoms with van der Waals surface area (Å²) < 4.78 is 38.2. The van der Waals surface area contributed by atoms with Crippen LogP contribution in [0.5, 0.6) is 11.5 Å². The molecule has 1 N–H and O–H groups in total. The lowest BCUT2D eigenvalue weighted by molar-refractivity contribution is 0.197. The van der Waals surface area contributed by atoms with Gasteiger partial charge in [-0.3, -0.25) is 0 Å². The third kappa shape index (κ3) is 5.89. The van der Waals surface area contributed by atoms with Gasteiger partial charge in [0, 0.05) is 26.2 Å². The summed E-state index contributed by atoms with van der Waals surface area (Å²) in [5.41, 5.74) is 1.01. The number of urea groups is 1. The molecule has 0 aromatic heterocycles. The number of nitrogens with zero attached hydrogens (tertiary/aromatic N) is 2. The highest BCUT2D eigenvalue weighted by Crippen LogP contribution is 2.25. The molecule has 2 aromatic carbocycles. The van der Waals surface area contributed by atoms with Gasteiger partial charge in [0.2, 0.25) is 10.0 Å². The molecule has 9 heteroatoms. The fourth-order valence-electron chi connectivity index (χ4n) is 3.37. The predicted octanol–water partition coefficient (Wildman–Crippen LogP) is 2.49. The number of sulfonamides is 1. The molecule has 3 rings (SSSR count). The Bertz CT molecular complexity index is 979. The van der Waals surface area contributed by atoms with Gasteiger partial charge in [0.25, 0.3) is 0 Å². The average molecular weight is 448 g/mol. The summed E-state index contributed by atoms with van der Waals surface area (Å²) in [7, 11) is -1.99. The Morgan fingerprint density at radius 1 is 1.00 bits per heavy atom. The van der Waals surface area contributed by atoms with Crippen LogP contribution < -0.4 is 14.8 Å². The van der Waals surface area contributed by atoms with Crippen molar-refractivity contribution < 1.29 is 22.7 Å². The number of aryl methyl sites for hydroxylation is 1. The molecule has 0 saturated carbocycles. The van der Waals surface area contributed by atoms with E-state index in [2.05, 4.69) is 5.32 Å². The number of ether oxygens (including phenoxy) is 2. The molecule has 1 aliphatic rings. The maximum absolute atomic E-state index is 12.9. The van der Waals surface area contributed by atoms with Crippen molar-refractivity contribution in [2.45, 2.75) is 18.2 Å². The van der Waals surface area contributed by atoms with Crippen LogP contribution >= 0.6 is 0 Å². The van der Waals surface area contributed by atoms with Gasteiger partial charge in [0.1, 0.15) is 6.61 Å². The van der Waals surface area contributed by atoms with Gasteiger partial charge in [-0.2, -0.15) is 4.31 Å². The standard InChI is InChI=1S/C22H29N3O5S/c1-18-8-10-19(11-9-18)31(27,28)25-14-5-13-24(15-16-25)22(26)23-12-17-30-21-7-4-3-6-20(21)29-2/h3-4,6-11H,5,12-17H2,1-2H3,(H,23,26). The Morgan fingerprint density at radius 3 is 2.42 bits per heavy atom. The van der Waals surface area contributed by atoms with E-state index in [1.54, 1.807) is 42.3 Å². The molecule has 1 saturated heterocycles. The second-order valence-corrected chi connectivity index (χ2v) is 9.23. The first-order chi connectivity index (χ1) is 14.9. The van der Waals surface area contributed by atoms with Gasteiger partial charge in [-0.05, 0) is 37.6 Å². The molecule has 0 spiro atoms. The number of hydrogen-bond donors (Lipinski definition) is 1. The zero-order chi connectivity index (χ0) is 22.3. The fourth-order valence-corrected chi connectivity index (χ4v) is 4.83. The molecule has 1 aliphatic heterocycles. The first kappa shape index (κ1) is 22.9. The Labute approximate surface area is 183 Å². The minimum Gasteiger partial charge on any atom is -0.493 e. The van der Waals surface area contributed by atoms with Gasteiger partial charge < -0.3 is 19.7 Å². The summed E-state index contributed by atoms with van der Waals surface area (Å²) in [6.07, 6.45) is 0.580. The van der Waals surface area contributed by atoms with Crippen LogP contribution in [-0.2, 0) is 10.0 Å². The molecule has 0 bridgehead atoms. The minimum atomic E-state index is -3.57. The Hall–Kier alpha value is -2.78. The van der Waals surface area contributed by atoms with Crippen LogP contribution in [0.15, 0.2) is 53.4 Å². The van der Waals surface area contributed by atoms with Crippen LogP contribution in [0.1, 0.15) is 12.0 Å². The highest BCUT2D eigenvalue weighted by atomic mass is 32.2. The van der Waals surface area contributed by atoms with E-state index in [1.165, 1.54) is 4.31 Å². The largest absolute Gasteiger partial charge is 0.493 e. The molecule has 2 aromatic rings. The Morgan fingerprint density at radius 2 is 1.71 bits per heavy atom. The maximum Gasteiger partial charge on any atom is 0.317 e. The molecule has 0 radical (unpaired) electrons. The van der Waals surface area contributed by atoms with E-state index in [1.807, 2.05) is 25.1 Å². The number of carbonyl (C=O) groups is 1. The highest BCUT2D eigenvalue weighted by molar-refractivity contribution is 7.89. The number of hydrogen-bond acceptors (Lipinski definition) is 5. The van der Waals surface area contributed by atoms with Gasteiger partial charge >= 0.3 is 6.03 Å². The van der Waals surface area contributed by atoms with E-state index in [0.717, 1.165) is 5.56 Å². The number of benzene rings is 2. The number of methoxy groups -OCH3 is 1. The van der Waals surface area contributed by atoms with Crippen LogP contribution in [0.25, 0.3) is 0 Å². The number of rotatable bonds is 7. The summed E-state index contributed by atoms with van der Waals surface area (Å²) in [6.45, 7) is 4.04. The first-order valence-corrected chi connectivity index (χ1v) is 11.7. The molecule has 0 atom stereocenters. The second kappa shape index (κ2) is 10.5. The molecule has 1 fully saturated rings. The van der Waals surface area contributed by atoms with E-state index in [4.69, 9.17) is 9.47 Å². The van der Waals surface area contributed by atoms with Crippen LogP contribution in [0, 0.1) is 6.92 Å². The lowest BCUT2D eigenvalue weighted by Gasteiger charge is -2.22. The molecular weight excluding hydrogens is 418 g/mol. The van der Waals surface area contributed by atoms with Crippen LogP contribution in [0.4, 0.5) is 4.79 Å². The zero-order valence-corrected chi connectivity index (χ0v) is 18.7. The fraction of sp³-hybridized carbons (Fsp3) is 0.409. The minimum absolute atomic E-state index is 0.224. The second-order valence-electron chi connectivity index (χ2n) is 7.29. The highest BCUT2D eigenvalue weighted by Gasteiger charge is 2.28. The van der Waals surface area contributed by atoms with Gasteiger partial charge in [0.15, 0.2) is 11.5 Å². The lowest BCUT2D eigenvalue weighted by Crippen LogP contribution is -2.43. The monoisotopic (exact) mass is 447 g/mol. The molecule has 168 valence electrons. The summed E-state index contributed by atoms with van der Waals surface area (Å²) in [4.78, 5) is 14.4. The van der Waals surface area contributed by atoms with Crippen molar-refractivity contribution in [1.82, 2.24) is 14.5 Å². The van der Waals surface area contributed by atoms with Crippen LogP contribution in [-0.4, -0.2) is 70.1 Å². The quantitative estimate of drug-likeness (QED) is 0.659. The van der Waals surface area contributed by atoms with Gasteiger partial charge in [-0.15, -0.1) is 0 Å². The molecular formula is C22H29N3O5S. The van der Waals surface area contributed by atoms with E-state index in [0.29, 0.717) is 50.7 Å². The van der Waals surface area contributed by atoms with Crippen molar-refractivity contribution >= 4 is 16.1 Å². The van der Waals surface area contributed by atoms with Crippen molar-refractivity contribution in [2.75, 3.05) is 46.4 Å². The van der Waals surface area contributed by atoms with Crippen molar-refractivity contribution in [1.29, 1.82) is 0 Å². The first-order valence-electron chi connectivity index (χ1n) is 10.3. The summed E-state index contributed by atoms with van der Waals surface area (Å²) in [5.74, 6) is 1.25. The number of carbonyl (C=O) groups excluding carboxylic acids is 1. The third-order valence-electron chi connectivity index (χ3n) is 5.11. The Balaban J connectivity index is 1.48. The molecule has 8 nitrogen and oxygen atoms in total. The normalized spacial score (nSPS) is 15.2. The van der Waals surface area contributed by atoms with E-state index < -0.39 is 10.0 Å². The summed E-state index contributed by atoms with van der Waals surface area (Å²) >= 11 is 0. The summed E-state index contributed by atoms with van der Waals surface area (Å²) in [5, 5.41) is 2.83. The van der Waals surface area contributed by atoms with Crippen molar-refractivity contribution in [3.63, 3.8) is 0 Å². The molecule has 1 heterocycles. The van der Waals surface area contributed by atoms with E-state index in [-0.39, 0.29) is 17.5 Å². The SMILES string of the molecule is COc1ccccc1OCCNC(=O)N1CCCN(S(=O)(=O)c2ccc(C)cc2)CC1. The average Bonchev–Trinajstić information content (AvgIpc) is 3.04. The van der Waals surface area contributed by atoms with Crippen molar-refractivity contribution in [2.24, 2.45) is 0 Å². The van der Waals surface area contributed by atoms with Crippen molar-refractivity contribution in [3.05, 3.63) is 54.1 Å². The van der Waals surface area contributed by atoms with Crippen LogP contribution in [0.3, 0.4) is 0 Å². The zero-order valence-electron chi connectivity index (χ0n) is 17.9. The summed E-state index contributed by atoms with van der Waals surface area (Å²) in [6, 6.07) is 13.9. The number of amides is 2. The van der Waals surface area contributed by atoms with Gasteiger partial charge in [-0.25, -0.2) is 13.2 Å². The molecule has 2 amide bonds. The third-order valence-corrected chi connectivity index (χ3v) is 7.02. The van der Waals surface area contributed by atoms with Crippen LogP contribution in [0.2, 0.25) is 0 Å². The van der Waals surface area contributed by atoms with E-state index in [9.17, 15) is 13.2 Å². The smallest absolute Gasteiger partial charge is 0.317 e. The van der Waals surface area contributed by atoms with E-state index >= 15 is 0 Å². The topological polar surface area (TPSA) is 88.2 Å². The van der Waals surface area contributed by atoms with Gasteiger partial charge in [0.05, 0.1) is 18.6 Å². The molecule has 0 aliphatic carbocycles. The maximum atomic E-state index is 12.9. The van der Waals surface area contributed by atoms with Gasteiger partial charge in [-0.1, -0.05) is 29.8 Å².